The van der Waals surface area contributed by atoms with Gasteiger partial charge in [-0.1, -0.05) is 37.3 Å². The van der Waals surface area contributed by atoms with Gasteiger partial charge in [0.25, 0.3) is 0 Å². The van der Waals surface area contributed by atoms with Crippen LogP contribution in [0.4, 0.5) is 0 Å². The van der Waals surface area contributed by atoms with Crippen LogP contribution in [0, 0.1) is 11.3 Å². The third-order valence-electron chi connectivity index (χ3n) is 5.12. The highest BCUT2D eigenvalue weighted by molar-refractivity contribution is 6.07. The average molecular weight is 314 g/mol. The molecule has 1 atom stereocenters. The summed E-state index contributed by atoms with van der Waals surface area (Å²) in [5, 5.41) is 0. The third-order valence-corrected chi connectivity index (χ3v) is 5.12. The monoisotopic (exact) mass is 314 g/mol. The van der Waals surface area contributed by atoms with Crippen molar-refractivity contribution in [2.45, 2.75) is 39.2 Å². The van der Waals surface area contributed by atoms with E-state index in [1.165, 1.54) is 6.42 Å². The minimum Gasteiger partial charge on any atom is -0.342 e. The molecule has 0 aromatic heterocycles. The summed E-state index contributed by atoms with van der Waals surface area (Å²) >= 11 is 0. The van der Waals surface area contributed by atoms with Gasteiger partial charge >= 0.3 is 0 Å². The summed E-state index contributed by atoms with van der Waals surface area (Å²) in [5.41, 5.74) is 0.332. The van der Waals surface area contributed by atoms with Crippen LogP contribution in [0.1, 0.15) is 38.2 Å². The first-order chi connectivity index (χ1) is 11.0. The fourth-order valence-corrected chi connectivity index (χ4v) is 3.62. The fraction of sp³-hybridized carbons (Fsp3) is 0.579. The predicted octanol–water partition coefficient (Wildman–Crippen LogP) is 2.68. The topological polar surface area (TPSA) is 40.6 Å². The lowest BCUT2D eigenvalue weighted by atomic mass is 9.96. The smallest absolute Gasteiger partial charge is 0.238 e. The summed E-state index contributed by atoms with van der Waals surface area (Å²) in [5.74, 6) is 0.596. The SMILES string of the molecule is CC1CCCN(C(=O)C2(C(=O)N(C)Cc3ccccc3)CC2)C1. The Bertz CT molecular complexity index is 580. The van der Waals surface area contributed by atoms with Gasteiger partial charge in [-0.25, -0.2) is 0 Å². The molecule has 2 aliphatic rings. The van der Waals surface area contributed by atoms with Crippen LogP contribution in [-0.2, 0) is 16.1 Å². The molecule has 1 saturated heterocycles. The standard InChI is InChI=1S/C19H26N2O2/c1-15-7-6-12-21(13-15)18(23)19(10-11-19)17(22)20(2)14-16-8-4-3-5-9-16/h3-5,8-9,15H,6-7,10-14H2,1-2H3. The highest BCUT2D eigenvalue weighted by Gasteiger charge is 2.59. The van der Waals surface area contributed by atoms with Gasteiger partial charge in [-0.05, 0) is 37.2 Å². The van der Waals surface area contributed by atoms with Gasteiger partial charge in [0.2, 0.25) is 11.8 Å². The van der Waals surface area contributed by atoms with E-state index in [1.807, 2.05) is 42.3 Å². The highest BCUT2D eigenvalue weighted by atomic mass is 16.2. The maximum atomic E-state index is 12.9. The van der Waals surface area contributed by atoms with Crippen molar-refractivity contribution < 1.29 is 9.59 Å². The van der Waals surface area contributed by atoms with Crippen molar-refractivity contribution in [3.8, 4) is 0 Å². The van der Waals surface area contributed by atoms with E-state index in [4.69, 9.17) is 0 Å². The second kappa shape index (κ2) is 6.34. The molecule has 2 amide bonds. The summed E-state index contributed by atoms with van der Waals surface area (Å²) in [7, 11) is 1.81. The van der Waals surface area contributed by atoms with Crippen LogP contribution in [0.25, 0.3) is 0 Å². The molecule has 1 heterocycles. The molecule has 0 bridgehead atoms. The van der Waals surface area contributed by atoms with Crippen molar-refractivity contribution in [2.24, 2.45) is 11.3 Å². The van der Waals surface area contributed by atoms with Crippen LogP contribution in [0.3, 0.4) is 0 Å². The Morgan fingerprint density at radius 3 is 2.57 bits per heavy atom. The van der Waals surface area contributed by atoms with E-state index in [1.54, 1.807) is 4.90 Å². The van der Waals surface area contributed by atoms with Crippen molar-refractivity contribution >= 4 is 11.8 Å². The minimum absolute atomic E-state index is 0.00965. The van der Waals surface area contributed by atoms with E-state index in [0.29, 0.717) is 25.3 Å². The lowest BCUT2D eigenvalue weighted by molar-refractivity contribution is -0.150. The number of carbonyl (C=O) groups excluding carboxylic acids is 2. The normalized spacial score (nSPS) is 22.5. The van der Waals surface area contributed by atoms with Gasteiger partial charge in [-0.15, -0.1) is 0 Å². The first-order valence-electron chi connectivity index (χ1n) is 8.62. The van der Waals surface area contributed by atoms with E-state index in [0.717, 1.165) is 25.1 Å². The number of rotatable bonds is 4. The summed E-state index contributed by atoms with van der Waals surface area (Å²) < 4.78 is 0. The molecule has 1 aromatic carbocycles. The van der Waals surface area contributed by atoms with E-state index in [2.05, 4.69) is 6.92 Å². The van der Waals surface area contributed by atoms with Crippen LogP contribution in [0.5, 0.6) is 0 Å². The molecule has 1 aromatic rings. The largest absolute Gasteiger partial charge is 0.342 e. The molecule has 1 unspecified atom stereocenters. The lowest BCUT2D eigenvalue weighted by Gasteiger charge is -2.34. The average Bonchev–Trinajstić information content (AvgIpc) is 3.36. The van der Waals surface area contributed by atoms with E-state index < -0.39 is 5.41 Å². The van der Waals surface area contributed by atoms with E-state index >= 15 is 0 Å². The molecule has 124 valence electrons. The van der Waals surface area contributed by atoms with Crippen molar-refractivity contribution in [3.05, 3.63) is 35.9 Å². The number of hydrogen-bond donors (Lipinski definition) is 0. The molecule has 1 aliphatic heterocycles. The zero-order chi connectivity index (χ0) is 16.4. The van der Waals surface area contributed by atoms with E-state index in [9.17, 15) is 9.59 Å². The van der Waals surface area contributed by atoms with Crippen molar-refractivity contribution in [2.75, 3.05) is 20.1 Å². The molecule has 0 spiro atoms. The maximum Gasteiger partial charge on any atom is 0.238 e. The second-order valence-electron chi connectivity index (χ2n) is 7.23. The Kier molecular flexibility index (Phi) is 4.42. The molecule has 4 nitrogen and oxygen atoms in total. The number of carbonyl (C=O) groups is 2. The zero-order valence-electron chi connectivity index (χ0n) is 14.1. The molecule has 1 aliphatic carbocycles. The van der Waals surface area contributed by atoms with Crippen LogP contribution in [0.15, 0.2) is 30.3 Å². The van der Waals surface area contributed by atoms with Gasteiger partial charge in [0.05, 0.1) is 0 Å². The molecule has 0 N–H and O–H groups in total. The molecular formula is C19H26N2O2. The van der Waals surface area contributed by atoms with Gasteiger partial charge in [-0.2, -0.15) is 0 Å². The van der Waals surface area contributed by atoms with Crippen molar-refractivity contribution in [1.82, 2.24) is 9.80 Å². The Balaban J connectivity index is 1.67. The van der Waals surface area contributed by atoms with Gasteiger partial charge in [0.1, 0.15) is 5.41 Å². The lowest BCUT2D eigenvalue weighted by Crippen LogP contribution is -2.48. The highest BCUT2D eigenvalue weighted by Crippen LogP contribution is 2.49. The fourth-order valence-electron chi connectivity index (χ4n) is 3.62. The number of benzene rings is 1. The number of amides is 2. The van der Waals surface area contributed by atoms with Crippen LogP contribution < -0.4 is 0 Å². The quantitative estimate of drug-likeness (QED) is 0.802. The second-order valence-corrected chi connectivity index (χ2v) is 7.23. The van der Waals surface area contributed by atoms with Gasteiger partial charge in [0.15, 0.2) is 0 Å². The van der Waals surface area contributed by atoms with Crippen LogP contribution >= 0.6 is 0 Å². The summed E-state index contributed by atoms with van der Waals surface area (Å²) in [4.78, 5) is 29.4. The third kappa shape index (κ3) is 3.26. The van der Waals surface area contributed by atoms with E-state index in [-0.39, 0.29) is 11.8 Å². The number of piperidine rings is 1. The van der Waals surface area contributed by atoms with Crippen LogP contribution in [0.2, 0.25) is 0 Å². The Morgan fingerprint density at radius 2 is 1.96 bits per heavy atom. The summed E-state index contributed by atoms with van der Waals surface area (Å²) in [6.45, 7) is 4.35. The Labute approximate surface area is 138 Å². The molecule has 1 saturated carbocycles. The molecule has 23 heavy (non-hydrogen) atoms. The first-order valence-corrected chi connectivity index (χ1v) is 8.62. The summed E-state index contributed by atoms with van der Waals surface area (Å²) in [6, 6.07) is 9.94. The Hall–Kier alpha value is -1.84. The van der Waals surface area contributed by atoms with Gasteiger partial charge in [0, 0.05) is 26.7 Å². The molecule has 2 fully saturated rings. The molecule has 3 rings (SSSR count). The molecule has 4 heteroatoms. The number of likely N-dealkylation sites (tertiary alicyclic amines) is 1. The predicted molar refractivity (Wildman–Crippen MR) is 89.6 cm³/mol. The molecular weight excluding hydrogens is 288 g/mol. The maximum absolute atomic E-state index is 12.9. The first kappa shape index (κ1) is 16.0. The van der Waals surface area contributed by atoms with Crippen molar-refractivity contribution in [1.29, 1.82) is 0 Å². The Morgan fingerprint density at radius 1 is 1.26 bits per heavy atom. The van der Waals surface area contributed by atoms with Crippen LogP contribution in [-0.4, -0.2) is 41.8 Å². The van der Waals surface area contributed by atoms with Gasteiger partial charge < -0.3 is 9.80 Å². The summed E-state index contributed by atoms with van der Waals surface area (Å²) in [6.07, 6.45) is 3.64. The minimum atomic E-state index is -0.763. The number of hydrogen-bond acceptors (Lipinski definition) is 2. The van der Waals surface area contributed by atoms with Gasteiger partial charge in [-0.3, -0.25) is 9.59 Å². The van der Waals surface area contributed by atoms with Crippen molar-refractivity contribution in [3.63, 3.8) is 0 Å². The molecule has 0 radical (unpaired) electrons. The zero-order valence-corrected chi connectivity index (χ0v) is 14.1. The number of nitrogens with zero attached hydrogens (tertiary/aromatic N) is 2.